The number of hydrogen-bond acceptors (Lipinski definition) is 4. The number of amides is 1. The van der Waals surface area contributed by atoms with Gasteiger partial charge in [-0.2, -0.15) is 5.26 Å². The molecule has 0 fully saturated rings. The summed E-state index contributed by atoms with van der Waals surface area (Å²) >= 11 is 6.64. The van der Waals surface area contributed by atoms with E-state index in [9.17, 15) is 14.9 Å². The number of anilines is 1. The smallest absolute Gasteiger partial charge is 0.344 e. The van der Waals surface area contributed by atoms with Gasteiger partial charge in [0.1, 0.15) is 17.4 Å². The van der Waals surface area contributed by atoms with Crippen molar-refractivity contribution in [3.63, 3.8) is 0 Å². The first-order chi connectivity index (χ1) is 14.5. The molecule has 3 aromatic rings. The molecule has 0 aliphatic heterocycles. The lowest BCUT2D eigenvalue weighted by Gasteiger charge is -2.07. The molecule has 0 saturated carbocycles. The van der Waals surface area contributed by atoms with Gasteiger partial charge in [0.15, 0.2) is 0 Å². The molecule has 7 heteroatoms. The van der Waals surface area contributed by atoms with Crippen molar-refractivity contribution in [2.24, 2.45) is 0 Å². The average Bonchev–Trinajstić information content (AvgIpc) is 2.75. The Kier molecular flexibility index (Phi) is 7.17. The Bertz CT molecular complexity index is 1150. The Morgan fingerprint density at radius 1 is 0.933 bits per heavy atom. The molecule has 0 aliphatic carbocycles. The summed E-state index contributed by atoms with van der Waals surface area (Å²) in [6.07, 6.45) is 1.47. The molecule has 0 spiro atoms. The molecule has 0 unspecified atom stereocenters. The molecular weight excluding hydrogens is 512 g/mol. The fraction of sp³-hybridized carbons (Fsp3) is 0. The lowest BCUT2D eigenvalue weighted by molar-refractivity contribution is -0.112. The number of hydrogen-bond donors (Lipinski definition) is 1. The maximum atomic E-state index is 12.3. The normalized spacial score (nSPS) is 10.8. The lowest BCUT2D eigenvalue weighted by atomic mass is 10.1. The summed E-state index contributed by atoms with van der Waals surface area (Å²) in [6.45, 7) is 0. The molecule has 0 aromatic heterocycles. The topological polar surface area (TPSA) is 79.2 Å². The van der Waals surface area contributed by atoms with E-state index < -0.39 is 11.9 Å². The summed E-state index contributed by atoms with van der Waals surface area (Å²) in [4.78, 5) is 24.6. The molecular formula is C23H14Br2N2O3. The summed E-state index contributed by atoms with van der Waals surface area (Å²) in [5.41, 5.74) is 1.57. The van der Waals surface area contributed by atoms with E-state index in [2.05, 4.69) is 37.2 Å². The minimum absolute atomic E-state index is 0.0455. The van der Waals surface area contributed by atoms with Crippen molar-refractivity contribution in [1.82, 2.24) is 0 Å². The predicted octanol–water partition coefficient (Wildman–Crippen LogP) is 5.98. The van der Waals surface area contributed by atoms with Gasteiger partial charge in [0, 0.05) is 14.6 Å². The molecule has 148 valence electrons. The van der Waals surface area contributed by atoms with Gasteiger partial charge < -0.3 is 10.1 Å². The van der Waals surface area contributed by atoms with Gasteiger partial charge in [-0.05, 0) is 76.1 Å². The van der Waals surface area contributed by atoms with Gasteiger partial charge >= 0.3 is 5.97 Å². The van der Waals surface area contributed by atoms with Gasteiger partial charge in [0.05, 0.1) is 5.56 Å². The fourth-order valence-corrected chi connectivity index (χ4v) is 3.18. The van der Waals surface area contributed by atoms with Crippen LogP contribution in [-0.2, 0) is 4.79 Å². The van der Waals surface area contributed by atoms with E-state index >= 15 is 0 Å². The minimum atomic E-state index is -0.510. The summed E-state index contributed by atoms with van der Waals surface area (Å²) < 4.78 is 6.90. The van der Waals surface area contributed by atoms with Gasteiger partial charge in [-0.25, -0.2) is 4.79 Å². The second-order valence-corrected chi connectivity index (χ2v) is 7.84. The van der Waals surface area contributed by atoms with E-state index in [-0.39, 0.29) is 5.57 Å². The molecule has 0 saturated heterocycles. The van der Waals surface area contributed by atoms with Gasteiger partial charge in [0.2, 0.25) is 0 Å². The molecule has 0 aliphatic rings. The fourth-order valence-electron chi connectivity index (χ4n) is 2.47. The van der Waals surface area contributed by atoms with Crippen molar-refractivity contribution in [2.45, 2.75) is 0 Å². The third kappa shape index (κ3) is 5.66. The first-order valence-corrected chi connectivity index (χ1v) is 10.3. The second-order valence-electron chi connectivity index (χ2n) is 6.07. The highest BCUT2D eigenvalue weighted by molar-refractivity contribution is 9.10. The first kappa shape index (κ1) is 21.5. The van der Waals surface area contributed by atoms with Crippen LogP contribution in [-0.4, -0.2) is 11.9 Å². The largest absolute Gasteiger partial charge is 0.423 e. The monoisotopic (exact) mass is 524 g/mol. The zero-order chi connectivity index (χ0) is 21.5. The lowest BCUT2D eigenvalue weighted by Crippen LogP contribution is -2.13. The predicted molar refractivity (Wildman–Crippen MR) is 122 cm³/mol. The van der Waals surface area contributed by atoms with Gasteiger partial charge in [-0.15, -0.1) is 0 Å². The van der Waals surface area contributed by atoms with Crippen LogP contribution in [0.25, 0.3) is 6.08 Å². The van der Waals surface area contributed by atoms with Crippen molar-refractivity contribution in [1.29, 1.82) is 5.26 Å². The maximum Gasteiger partial charge on any atom is 0.344 e. The van der Waals surface area contributed by atoms with Crippen LogP contribution in [0.15, 0.2) is 87.3 Å². The zero-order valence-electron chi connectivity index (χ0n) is 15.4. The van der Waals surface area contributed by atoms with Crippen molar-refractivity contribution in [3.05, 3.63) is 98.4 Å². The van der Waals surface area contributed by atoms with E-state index in [0.717, 1.165) is 4.47 Å². The van der Waals surface area contributed by atoms with Gasteiger partial charge in [0.25, 0.3) is 5.91 Å². The van der Waals surface area contributed by atoms with E-state index in [1.807, 2.05) is 12.1 Å². The van der Waals surface area contributed by atoms with Gasteiger partial charge in [-0.1, -0.05) is 40.2 Å². The first-order valence-electron chi connectivity index (χ1n) is 8.72. The molecule has 0 heterocycles. The molecule has 1 N–H and O–H groups in total. The van der Waals surface area contributed by atoms with E-state index in [0.29, 0.717) is 27.0 Å². The number of ether oxygens (including phenoxy) is 1. The summed E-state index contributed by atoms with van der Waals surface area (Å²) in [7, 11) is 0. The van der Waals surface area contributed by atoms with Crippen LogP contribution < -0.4 is 10.1 Å². The Hall–Kier alpha value is -3.21. The average molecular weight is 526 g/mol. The molecule has 0 bridgehead atoms. The van der Waals surface area contributed by atoms with Crippen LogP contribution in [0.5, 0.6) is 5.75 Å². The number of carbonyl (C=O) groups excluding carboxylic acids is 2. The molecule has 0 radical (unpaired) electrons. The second kappa shape index (κ2) is 10.0. The number of rotatable bonds is 5. The quantitative estimate of drug-likeness (QED) is 0.192. The van der Waals surface area contributed by atoms with Crippen LogP contribution >= 0.6 is 31.9 Å². The van der Waals surface area contributed by atoms with Crippen molar-refractivity contribution < 1.29 is 14.3 Å². The van der Waals surface area contributed by atoms with Gasteiger partial charge in [-0.3, -0.25) is 4.79 Å². The highest BCUT2D eigenvalue weighted by Gasteiger charge is 2.12. The molecule has 0 atom stereocenters. The third-order valence-corrected chi connectivity index (χ3v) is 5.18. The minimum Gasteiger partial charge on any atom is -0.423 e. The number of nitrogens with zero attached hydrogens (tertiary/aromatic N) is 1. The number of benzene rings is 3. The Balaban J connectivity index is 1.69. The summed E-state index contributed by atoms with van der Waals surface area (Å²) in [5, 5.41) is 12.0. The number of nitriles is 1. The molecule has 5 nitrogen and oxygen atoms in total. The van der Waals surface area contributed by atoms with E-state index in [1.54, 1.807) is 66.7 Å². The summed E-state index contributed by atoms with van der Waals surface area (Å²) in [6, 6.07) is 22.4. The van der Waals surface area contributed by atoms with Crippen molar-refractivity contribution >= 4 is 55.5 Å². The maximum absolute atomic E-state index is 12.3. The zero-order valence-corrected chi connectivity index (χ0v) is 18.6. The van der Waals surface area contributed by atoms with Crippen molar-refractivity contribution in [2.75, 3.05) is 5.32 Å². The van der Waals surface area contributed by atoms with Crippen LogP contribution in [0.4, 0.5) is 5.69 Å². The molecule has 30 heavy (non-hydrogen) atoms. The number of halogens is 2. The molecule has 3 aromatic carbocycles. The molecule has 3 rings (SSSR count). The van der Waals surface area contributed by atoms with Crippen molar-refractivity contribution in [3.8, 4) is 11.8 Å². The van der Waals surface area contributed by atoms with Crippen LogP contribution in [0.2, 0.25) is 0 Å². The standard InChI is InChI=1S/C23H14Br2N2O3/c24-17-7-9-18(10-8-17)27-22(28)16(14-26)13-15-5-11-19(12-6-15)30-23(29)20-3-1-2-4-21(20)25/h1-13H,(H,27,28)/b16-13-. The van der Waals surface area contributed by atoms with E-state index in [4.69, 9.17) is 4.74 Å². The highest BCUT2D eigenvalue weighted by Crippen LogP contribution is 2.21. The number of nitrogens with one attached hydrogen (secondary N) is 1. The third-order valence-electron chi connectivity index (χ3n) is 3.96. The Labute approximate surface area is 190 Å². The van der Waals surface area contributed by atoms with Crippen LogP contribution in [0.1, 0.15) is 15.9 Å². The Morgan fingerprint density at radius 3 is 2.23 bits per heavy atom. The van der Waals surface area contributed by atoms with Crippen LogP contribution in [0.3, 0.4) is 0 Å². The Morgan fingerprint density at radius 2 is 1.60 bits per heavy atom. The summed E-state index contributed by atoms with van der Waals surface area (Å²) in [5.74, 6) is -0.646. The number of esters is 1. The molecule has 1 amide bonds. The SMILES string of the molecule is N#C/C(=C/c1ccc(OC(=O)c2ccccc2Br)cc1)C(=O)Nc1ccc(Br)cc1. The highest BCUT2D eigenvalue weighted by atomic mass is 79.9. The van der Waals surface area contributed by atoms with E-state index in [1.165, 1.54) is 6.08 Å². The van der Waals surface area contributed by atoms with Crippen LogP contribution in [0, 0.1) is 11.3 Å². The number of carbonyl (C=O) groups is 2.